The van der Waals surface area contributed by atoms with Gasteiger partial charge in [-0.1, -0.05) is 13.8 Å². The lowest BCUT2D eigenvalue weighted by molar-refractivity contribution is -0.604. The maximum absolute atomic E-state index is 13.1. The van der Waals surface area contributed by atoms with Crippen molar-refractivity contribution in [3.05, 3.63) is 65.6 Å². The van der Waals surface area contributed by atoms with E-state index in [0.29, 0.717) is 5.69 Å². The first-order chi connectivity index (χ1) is 10.5. The van der Waals surface area contributed by atoms with Gasteiger partial charge >= 0.3 is 0 Å². The predicted octanol–water partition coefficient (Wildman–Crippen LogP) is 3.64. The second-order valence-corrected chi connectivity index (χ2v) is 5.46. The molecule has 0 aliphatic rings. The fraction of sp³-hybridized carbons (Fsp3) is 0.176. The monoisotopic (exact) mass is 297 g/mol. The first-order valence-corrected chi connectivity index (χ1v) is 7.09. The Hall–Kier alpha value is -2.69. The second kappa shape index (κ2) is 5.60. The van der Waals surface area contributed by atoms with Crippen LogP contribution in [0.4, 0.5) is 4.39 Å². The SMILES string of the molecule is CC(C)c1nc(-c2ccc[n+]([O-])c2)c(-c2ccc(F)cc2)[nH]1. The summed E-state index contributed by atoms with van der Waals surface area (Å²) in [5, 5.41) is 11.5. The molecule has 22 heavy (non-hydrogen) atoms. The quantitative estimate of drug-likeness (QED) is 0.592. The molecule has 4 nitrogen and oxygen atoms in total. The number of nitrogens with zero attached hydrogens (tertiary/aromatic N) is 2. The van der Waals surface area contributed by atoms with Crippen LogP contribution in [0.25, 0.3) is 22.5 Å². The predicted molar refractivity (Wildman–Crippen MR) is 82.5 cm³/mol. The number of imidazole rings is 1. The zero-order valence-corrected chi connectivity index (χ0v) is 12.4. The Kier molecular flexibility index (Phi) is 3.63. The number of rotatable bonds is 3. The van der Waals surface area contributed by atoms with Crippen molar-refractivity contribution in [1.29, 1.82) is 0 Å². The van der Waals surface area contributed by atoms with Gasteiger partial charge in [0, 0.05) is 17.5 Å². The summed E-state index contributed by atoms with van der Waals surface area (Å²) in [5.74, 6) is 0.762. The van der Waals surface area contributed by atoms with Crippen LogP contribution in [0.3, 0.4) is 0 Å². The number of aromatic amines is 1. The van der Waals surface area contributed by atoms with E-state index in [1.54, 1.807) is 18.2 Å². The highest BCUT2D eigenvalue weighted by atomic mass is 19.1. The highest BCUT2D eigenvalue weighted by molar-refractivity contribution is 5.77. The van der Waals surface area contributed by atoms with Crippen molar-refractivity contribution in [2.75, 3.05) is 0 Å². The molecule has 112 valence electrons. The van der Waals surface area contributed by atoms with Crippen molar-refractivity contribution in [3.8, 4) is 22.5 Å². The minimum Gasteiger partial charge on any atom is -0.619 e. The smallest absolute Gasteiger partial charge is 0.189 e. The van der Waals surface area contributed by atoms with E-state index in [2.05, 4.69) is 9.97 Å². The zero-order valence-electron chi connectivity index (χ0n) is 12.4. The minimum atomic E-state index is -0.286. The number of nitrogens with one attached hydrogen (secondary N) is 1. The van der Waals surface area contributed by atoms with Gasteiger partial charge in [-0.05, 0) is 30.3 Å². The molecule has 2 heterocycles. The highest BCUT2D eigenvalue weighted by Crippen LogP contribution is 2.31. The molecule has 5 heteroatoms. The van der Waals surface area contributed by atoms with Crippen LogP contribution in [0.15, 0.2) is 48.8 Å². The summed E-state index contributed by atoms with van der Waals surface area (Å²) in [4.78, 5) is 7.91. The maximum Gasteiger partial charge on any atom is 0.189 e. The Morgan fingerprint density at radius 1 is 1.14 bits per heavy atom. The van der Waals surface area contributed by atoms with Crippen molar-refractivity contribution in [3.63, 3.8) is 0 Å². The number of halogens is 1. The van der Waals surface area contributed by atoms with Crippen molar-refractivity contribution >= 4 is 0 Å². The van der Waals surface area contributed by atoms with Gasteiger partial charge in [-0.25, -0.2) is 9.37 Å². The molecule has 1 aromatic carbocycles. The number of aromatic nitrogens is 3. The summed E-state index contributed by atoms with van der Waals surface area (Å²) in [5.41, 5.74) is 3.03. The molecule has 0 aliphatic carbocycles. The second-order valence-electron chi connectivity index (χ2n) is 5.46. The summed E-state index contributed by atoms with van der Waals surface area (Å²) < 4.78 is 13.9. The number of benzene rings is 1. The molecule has 0 amide bonds. The van der Waals surface area contributed by atoms with E-state index in [1.807, 2.05) is 19.9 Å². The number of H-pyrrole nitrogens is 1. The minimum absolute atomic E-state index is 0.219. The molecule has 0 atom stereocenters. The summed E-state index contributed by atoms with van der Waals surface area (Å²) in [6.07, 6.45) is 2.91. The summed E-state index contributed by atoms with van der Waals surface area (Å²) in [6.45, 7) is 4.08. The highest BCUT2D eigenvalue weighted by Gasteiger charge is 2.17. The third-order valence-electron chi connectivity index (χ3n) is 3.45. The average Bonchev–Trinajstić information content (AvgIpc) is 2.93. The van der Waals surface area contributed by atoms with Crippen LogP contribution in [0.2, 0.25) is 0 Å². The van der Waals surface area contributed by atoms with Crippen molar-refractivity contribution in [2.24, 2.45) is 0 Å². The van der Waals surface area contributed by atoms with Crippen LogP contribution in [0.1, 0.15) is 25.6 Å². The van der Waals surface area contributed by atoms with Crippen molar-refractivity contribution in [2.45, 2.75) is 19.8 Å². The molecule has 0 unspecified atom stereocenters. The van der Waals surface area contributed by atoms with Crippen LogP contribution in [-0.4, -0.2) is 9.97 Å². The first kappa shape index (κ1) is 14.3. The Bertz CT molecular complexity index is 794. The molecule has 3 aromatic rings. The molecule has 2 aromatic heterocycles. The number of hydrogen-bond donors (Lipinski definition) is 1. The van der Waals surface area contributed by atoms with E-state index in [4.69, 9.17) is 0 Å². The van der Waals surface area contributed by atoms with Gasteiger partial charge in [-0.2, -0.15) is 4.73 Å². The van der Waals surface area contributed by atoms with Crippen LogP contribution in [0.5, 0.6) is 0 Å². The lowest BCUT2D eigenvalue weighted by atomic mass is 10.1. The molecular weight excluding hydrogens is 281 g/mol. The van der Waals surface area contributed by atoms with Crippen molar-refractivity contribution < 1.29 is 9.12 Å². The van der Waals surface area contributed by atoms with E-state index in [-0.39, 0.29) is 11.7 Å². The molecule has 0 radical (unpaired) electrons. The van der Waals surface area contributed by atoms with E-state index >= 15 is 0 Å². The Morgan fingerprint density at radius 2 is 1.86 bits per heavy atom. The van der Waals surface area contributed by atoms with Gasteiger partial charge in [-0.15, -0.1) is 0 Å². The standard InChI is InChI=1S/C17H16FN3O/c1-11(2)17-19-15(12-5-7-14(18)8-6-12)16(20-17)13-4-3-9-21(22)10-13/h3-11H,1-2H3,(H,19,20). The Morgan fingerprint density at radius 3 is 2.50 bits per heavy atom. The van der Waals surface area contributed by atoms with Crippen LogP contribution in [0, 0.1) is 11.0 Å². The van der Waals surface area contributed by atoms with E-state index < -0.39 is 0 Å². The fourth-order valence-electron chi connectivity index (χ4n) is 2.29. The van der Waals surface area contributed by atoms with Gasteiger partial charge in [0.15, 0.2) is 12.4 Å². The number of pyridine rings is 1. The van der Waals surface area contributed by atoms with Gasteiger partial charge in [0.1, 0.15) is 17.3 Å². The summed E-state index contributed by atoms with van der Waals surface area (Å²) >= 11 is 0. The molecule has 0 bridgehead atoms. The van der Waals surface area contributed by atoms with E-state index in [1.165, 1.54) is 24.5 Å². The average molecular weight is 297 g/mol. The number of hydrogen-bond acceptors (Lipinski definition) is 2. The lowest BCUT2D eigenvalue weighted by Crippen LogP contribution is -2.24. The molecular formula is C17H16FN3O. The normalized spacial score (nSPS) is 11.1. The fourth-order valence-corrected chi connectivity index (χ4v) is 2.29. The van der Waals surface area contributed by atoms with Crippen LogP contribution >= 0.6 is 0 Å². The largest absolute Gasteiger partial charge is 0.619 e. The molecule has 0 saturated carbocycles. The topological polar surface area (TPSA) is 55.6 Å². The Labute approximate surface area is 127 Å². The van der Waals surface area contributed by atoms with Gasteiger partial charge in [-0.3, -0.25) is 0 Å². The molecule has 0 aliphatic heterocycles. The zero-order chi connectivity index (χ0) is 15.7. The van der Waals surface area contributed by atoms with Crippen molar-refractivity contribution in [1.82, 2.24) is 9.97 Å². The Balaban J connectivity index is 2.18. The van der Waals surface area contributed by atoms with E-state index in [0.717, 1.165) is 27.4 Å². The molecule has 0 spiro atoms. The van der Waals surface area contributed by atoms with Gasteiger partial charge < -0.3 is 10.2 Å². The summed E-state index contributed by atoms with van der Waals surface area (Å²) in [7, 11) is 0. The third kappa shape index (κ3) is 2.70. The van der Waals surface area contributed by atoms with Gasteiger partial charge in [0.05, 0.1) is 11.3 Å². The maximum atomic E-state index is 13.1. The third-order valence-corrected chi connectivity index (χ3v) is 3.45. The summed E-state index contributed by atoms with van der Waals surface area (Å²) in [6, 6.07) is 9.74. The molecule has 3 rings (SSSR count). The molecule has 0 fully saturated rings. The van der Waals surface area contributed by atoms with E-state index in [9.17, 15) is 9.60 Å². The van der Waals surface area contributed by atoms with Crippen LogP contribution < -0.4 is 4.73 Å². The van der Waals surface area contributed by atoms with Crippen LogP contribution in [-0.2, 0) is 0 Å². The van der Waals surface area contributed by atoms with Gasteiger partial charge in [0.2, 0.25) is 0 Å². The first-order valence-electron chi connectivity index (χ1n) is 7.09. The molecule has 0 saturated heterocycles. The molecule has 1 N–H and O–H groups in total. The van der Waals surface area contributed by atoms with Gasteiger partial charge in [0.25, 0.3) is 0 Å². The lowest BCUT2D eigenvalue weighted by Gasteiger charge is -2.03.